The maximum absolute atomic E-state index is 11.9. The Hall–Kier alpha value is -2.00. The Balaban J connectivity index is 1.68. The number of hydrogen-bond acceptors (Lipinski definition) is 15. The van der Waals surface area contributed by atoms with Crippen LogP contribution in [0.2, 0.25) is 0 Å². The van der Waals surface area contributed by atoms with Gasteiger partial charge in [0.15, 0.2) is 0 Å². The normalized spacial score (nSPS) is 22.5. The van der Waals surface area contributed by atoms with Gasteiger partial charge in [0.25, 0.3) is 0 Å². The Morgan fingerprint density at radius 1 is 1.36 bits per heavy atom. The second-order valence-corrected chi connectivity index (χ2v) is 12.1. The van der Waals surface area contributed by atoms with E-state index in [-0.39, 0.29) is 31.1 Å². The maximum atomic E-state index is 11.9. The van der Waals surface area contributed by atoms with Crippen LogP contribution in [0.5, 0.6) is 0 Å². The van der Waals surface area contributed by atoms with Crippen molar-refractivity contribution in [2.75, 3.05) is 24.6 Å². The highest BCUT2D eigenvalue weighted by atomic mass is 32.1. The summed E-state index contributed by atoms with van der Waals surface area (Å²) in [7, 11) is -14.2. The van der Waals surface area contributed by atoms with Crippen LogP contribution in [0.25, 0.3) is 11.0 Å². The molecule has 0 radical (unpaired) electrons. The molecule has 0 saturated carbocycles. The molecule has 214 valence electrons. The van der Waals surface area contributed by atoms with Crippen LogP contribution < -0.4 is 11.1 Å². The number of hydrogen-bond donors (Lipinski definition) is 7. The van der Waals surface area contributed by atoms with Crippen molar-refractivity contribution in [2.24, 2.45) is 0 Å². The fourth-order valence-electron chi connectivity index (χ4n) is 3.33. The fourth-order valence-corrected chi connectivity index (χ4v) is 6.22. The largest absolute Gasteiger partial charge is 0.708 e. The number of fused-ring (bicyclic) bond motifs is 1. The molecule has 2 aromatic rings. The van der Waals surface area contributed by atoms with Crippen LogP contribution in [0.15, 0.2) is 12.5 Å². The molecule has 1 saturated heterocycles. The molecule has 18 nitrogen and oxygen atoms in total. The Bertz CT molecular complexity index is 1380. The van der Waals surface area contributed by atoms with Crippen molar-refractivity contribution >= 4 is 59.3 Å². The molecule has 1 fully saturated rings. The number of carbonyl (C=O) groups excluding carboxylic acids is 1. The zero-order valence-electron chi connectivity index (χ0n) is 19.6. The summed E-state index contributed by atoms with van der Waals surface area (Å²) >= 11 is 3.99. The van der Waals surface area contributed by atoms with Crippen molar-refractivity contribution in [2.45, 2.75) is 31.3 Å². The van der Waals surface area contributed by atoms with Crippen molar-refractivity contribution < 1.29 is 61.2 Å². The molecule has 3 unspecified atom stereocenters. The Kier molecular flexibility index (Phi) is 11.0. The van der Waals surface area contributed by atoms with Gasteiger partial charge >= 0.3 is 23.9 Å². The Morgan fingerprint density at radius 2 is 2.10 bits per heavy atom. The van der Waals surface area contributed by atoms with Crippen molar-refractivity contribution in [1.29, 1.82) is 0 Å². The molecule has 0 aromatic carbocycles. The number of phosphoric acid groups is 2. The molecule has 3 heterocycles. The Labute approximate surface area is 226 Å². The van der Waals surface area contributed by atoms with Crippen molar-refractivity contribution in [3.8, 4) is 11.8 Å². The average Bonchev–Trinajstić information content (AvgIpc) is 3.40. The smallest absolute Gasteiger partial charge is 0.390 e. The number of ether oxygens (including phenoxy) is 1. The molecule has 0 aliphatic carbocycles. The van der Waals surface area contributed by atoms with E-state index >= 15 is 0 Å². The lowest BCUT2D eigenvalue weighted by Gasteiger charge is -2.14. The number of rotatable bonds is 12. The number of nitrogen functional groups attached to an aromatic ring is 1. The number of thiol groups is 1. The van der Waals surface area contributed by atoms with Gasteiger partial charge in [-0.1, -0.05) is 11.8 Å². The molecule has 7 N–H and O–H groups in total. The van der Waals surface area contributed by atoms with E-state index in [2.05, 4.69) is 53.1 Å². The van der Waals surface area contributed by atoms with Gasteiger partial charge in [0.05, 0.1) is 23.6 Å². The van der Waals surface area contributed by atoms with Crippen LogP contribution in [-0.4, -0.2) is 71.7 Å². The van der Waals surface area contributed by atoms with Gasteiger partial charge < -0.3 is 30.4 Å². The summed E-state index contributed by atoms with van der Waals surface area (Å²) in [6, 6.07) is 0. The van der Waals surface area contributed by atoms with Gasteiger partial charge in [-0.05, 0) is 10.1 Å². The van der Waals surface area contributed by atoms with E-state index in [0.29, 0.717) is 22.3 Å². The lowest BCUT2D eigenvalue weighted by atomic mass is 10.2. The molecule has 0 bridgehead atoms. The minimum absolute atomic E-state index is 0.00907. The van der Waals surface area contributed by atoms with Gasteiger partial charge in [-0.2, -0.15) is 16.9 Å². The third-order valence-electron chi connectivity index (χ3n) is 4.91. The third kappa shape index (κ3) is 8.74. The second kappa shape index (κ2) is 13.6. The first-order chi connectivity index (χ1) is 18.4. The van der Waals surface area contributed by atoms with Crippen LogP contribution in [0.4, 0.5) is 5.82 Å². The summed E-state index contributed by atoms with van der Waals surface area (Å²) in [6.45, 7) is -0.533. The number of carbonyl (C=O) groups is 1. The van der Waals surface area contributed by atoms with Gasteiger partial charge in [0.2, 0.25) is 5.91 Å². The van der Waals surface area contributed by atoms with Crippen molar-refractivity contribution in [3.63, 3.8) is 0 Å². The minimum atomic E-state index is -5.45. The molecule has 0 spiro atoms. The molecule has 6 atom stereocenters. The molecule has 1 aliphatic rings. The summed E-state index contributed by atoms with van der Waals surface area (Å²) in [5.41, 5.74) is 6.77. The lowest BCUT2D eigenvalue weighted by Crippen LogP contribution is -2.25. The van der Waals surface area contributed by atoms with Crippen molar-refractivity contribution in [1.82, 2.24) is 19.9 Å². The number of aliphatic hydroxyl groups is 1. The number of anilines is 1. The van der Waals surface area contributed by atoms with Crippen LogP contribution in [-0.2, 0) is 41.0 Å². The molecule has 3 rings (SSSR count). The first kappa shape index (κ1) is 31.5. The zero-order valence-corrected chi connectivity index (χ0v) is 23.2. The predicted molar refractivity (Wildman–Crippen MR) is 134 cm³/mol. The number of aromatic nitrogens is 3. The summed E-state index contributed by atoms with van der Waals surface area (Å²) < 4.78 is 57.3. The number of aliphatic hydroxyl groups excluding tert-OH is 1. The van der Waals surface area contributed by atoms with Crippen LogP contribution in [0, 0.1) is 11.8 Å². The van der Waals surface area contributed by atoms with Crippen LogP contribution in [0.1, 0.15) is 24.6 Å². The second-order valence-electron chi connectivity index (χ2n) is 7.59. The molecule has 39 heavy (non-hydrogen) atoms. The number of amides is 1. The van der Waals surface area contributed by atoms with E-state index < -0.39 is 48.9 Å². The van der Waals surface area contributed by atoms with E-state index in [1.165, 1.54) is 6.33 Å². The van der Waals surface area contributed by atoms with Gasteiger partial charge in [-0.15, -0.1) is 9.20 Å². The molecule has 1 amide bonds. The molecular weight excluding hydrogens is 607 g/mol. The SMILES string of the molecule is Nc1ncnc2c1c(C#CCNC(=O)CCS)cn2[C@H]1C[C@H](O)[C@@H](CO[P+](=O)OP(=O)(O)OP(=O)(O)OO)O1. The highest BCUT2D eigenvalue weighted by Gasteiger charge is 2.46. The fraction of sp³-hybridized carbons (Fsp3) is 0.471. The Morgan fingerprint density at radius 3 is 2.79 bits per heavy atom. The lowest BCUT2D eigenvalue weighted by molar-refractivity contribution is -0.157. The maximum Gasteiger partial charge on any atom is 0.708 e. The average molecular weight is 630 g/mol. The minimum Gasteiger partial charge on any atom is -0.390 e. The highest BCUT2D eigenvalue weighted by molar-refractivity contribution is 7.80. The molecule has 2 aromatic heterocycles. The summed E-state index contributed by atoms with van der Waals surface area (Å²) in [5, 5.41) is 21.6. The molecule has 22 heteroatoms. The first-order valence-corrected chi connectivity index (χ1v) is 15.4. The van der Waals surface area contributed by atoms with Crippen LogP contribution in [0.3, 0.4) is 0 Å². The summed E-state index contributed by atoms with van der Waals surface area (Å²) in [6.07, 6.45) is -0.0522. The van der Waals surface area contributed by atoms with Crippen LogP contribution >= 0.6 is 36.5 Å². The van der Waals surface area contributed by atoms with Gasteiger partial charge in [0, 0.05) is 23.6 Å². The van der Waals surface area contributed by atoms with E-state index in [9.17, 15) is 28.5 Å². The van der Waals surface area contributed by atoms with E-state index in [0.717, 1.165) is 0 Å². The molecule has 1 aliphatic heterocycles. The van der Waals surface area contributed by atoms with Gasteiger partial charge in [-0.25, -0.2) is 24.4 Å². The standard InChI is InChI=1S/C17H22N5O13P3S/c18-16-15-10(2-1-4-19-13(24)3-5-39)7-22(17(15)21-9-20-16)14-6-11(23)12(32-14)8-31-36(26)34-38(29,30)35-37(27,28)33-25/h7,9,11-12,14,23H,3-6,8H2,(H6-,18,19,20,21,24,25,27,28,29,30,39)/p+1/t11-,12+,14+/m0/s1. The number of nitrogens with one attached hydrogen (secondary N) is 1. The van der Waals surface area contributed by atoms with E-state index in [4.69, 9.17) is 25.1 Å². The first-order valence-electron chi connectivity index (χ1n) is 10.7. The number of nitrogens with zero attached hydrogens (tertiary/aromatic N) is 3. The van der Waals surface area contributed by atoms with E-state index in [1.807, 2.05) is 0 Å². The zero-order chi connectivity index (χ0) is 28.8. The van der Waals surface area contributed by atoms with Gasteiger partial charge in [-0.3, -0.25) is 9.69 Å². The van der Waals surface area contributed by atoms with Crippen molar-refractivity contribution in [3.05, 3.63) is 18.1 Å². The summed E-state index contributed by atoms with van der Waals surface area (Å²) in [5.74, 6) is 6.01. The highest BCUT2D eigenvalue weighted by Crippen LogP contribution is 2.63. The topological polar surface area (TPSA) is 264 Å². The predicted octanol–water partition coefficient (Wildman–Crippen LogP) is 0.847. The third-order valence-corrected chi connectivity index (χ3v) is 8.71. The molecular formula is C17H23N5O13P3S+. The summed E-state index contributed by atoms with van der Waals surface area (Å²) in [4.78, 5) is 37.9. The quantitative estimate of drug-likeness (QED) is 0.0563. The van der Waals surface area contributed by atoms with E-state index in [1.54, 1.807) is 10.8 Å². The van der Waals surface area contributed by atoms with Gasteiger partial charge in [0.1, 0.15) is 36.7 Å². The monoisotopic (exact) mass is 630 g/mol. The number of nitrogens with two attached hydrogens (primary N) is 1.